The number of rotatable bonds is 5. The summed E-state index contributed by atoms with van der Waals surface area (Å²) < 4.78 is 0.974. The molecule has 1 heterocycles. The van der Waals surface area contributed by atoms with Crippen molar-refractivity contribution in [2.75, 3.05) is 19.6 Å². The molecule has 0 saturated carbocycles. The molecule has 1 amide bonds. The predicted molar refractivity (Wildman–Crippen MR) is 96.0 cm³/mol. The second-order valence-electron chi connectivity index (χ2n) is 5.53. The fraction of sp³-hybridized carbons (Fsp3) is 0.562. The van der Waals surface area contributed by atoms with E-state index in [0.29, 0.717) is 16.6 Å². The van der Waals surface area contributed by atoms with Crippen LogP contribution in [0, 0.1) is 3.57 Å². The molecule has 1 aliphatic heterocycles. The van der Waals surface area contributed by atoms with Crippen LogP contribution in [0.5, 0.6) is 0 Å². The summed E-state index contributed by atoms with van der Waals surface area (Å²) in [5.74, 6) is 0.0857. The standard InChI is InChI=1S/C16H22ClIN2O/c1-2-9-20(11-13-5-3-4-8-19-13)16(21)12-6-7-15(18)14(17)10-12/h6-7,10,13,19H,2-5,8-9,11H2,1H3. The van der Waals surface area contributed by atoms with Crippen LogP contribution in [0.4, 0.5) is 0 Å². The Kier molecular flexibility index (Phi) is 6.76. The third-order valence-corrected chi connectivity index (χ3v) is 5.37. The Hall–Kier alpha value is -0.330. The second kappa shape index (κ2) is 8.34. The number of halogens is 2. The minimum Gasteiger partial charge on any atom is -0.337 e. The van der Waals surface area contributed by atoms with Crippen molar-refractivity contribution < 1.29 is 4.79 Å². The first-order chi connectivity index (χ1) is 10.1. The first-order valence-electron chi connectivity index (χ1n) is 7.59. The topological polar surface area (TPSA) is 32.3 Å². The molecule has 0 aliphatic carbocycles. The SMILES string of the molecule is CCCN(CC1CCCCN1)C(=O)c1ccc(I)c(Cl)c1. The van der Waals surface area contributed by atoms with Gasteiger partial charge in [-0.25, -0.2) is 0 Å². The van der Waals surface area contributed by atoms with Gasteiger partial charge in [0.15, 0.2) is 0 Å². The average Bonchev–Trinajstić information content (AvgIpc) is 2.50. The smallest absolute Gasteiger partial charge is 0.253 e. The van der Waals surface area contributed by atoms with Crippen molar-refractivity contribution in [2.24, 2.45) is 0 Å². The predicted octanol–water partition coefficient (Wildman–Crippen LogP) is 3.94. The zero-order valence-corrected chi connectivity index (χ0v) is 15.3. The van der Waals surface area contributed by atoms with Crippen LogP contribution in [-0.4, -0.2) is 36.5 Å². The van der Waals surface area contributed by atoms with E-state index in [1.807, 2.05) is 17.0 Å². The first-order valence-corrected chi connectivity index (χ1v) is 9.05. The Labute approximate surface area is 145 Å². The molecule has 0 bridgehead atoms. The molecule has 0 aromatic heterocycles. The van der Waals surface area contributed by atoms with Crippen LogP contribution in [0.25, 0.3) is 0 Å². The molecule has 21 heavy (non-hydrogen) atoms. The van der Waals surface area contributed by atoms with Gasteiger partial charge in [-0.3, -0.25) is 4.79 Å². The Morgan fingerprint density at radius 2 is 2.29 bits per heavy atom. The molecule has 1 aromatic rings. The molecular weight excluding hydrogens is 399 g/mol. The van der Waals surface area contributed by atoms with Gasteiger partial charge < -0.3 is 10.2 Å². The molecule has 3 nitrogen and oxygen atoms in total. The van der Waals surface area contributed by atoms with E-state index in [2.05, 4.69) is 34.8 Å². The van der Waals surface area contributed by atoms with Gasteiger partial charge in [-0.2, -0.15) is 0 Å². The lowest BCUT2D eigenvalue weighted by molar-refractivity contribution is 0.0731. The Morgan fingerprint density at radius 1 is 1.48 bits per heavy atom. The van der Waals surface area contributed by atoms with Gasteiger partial charge in [0.2, 0.25) is 0 Å². The van der Waals surface area contributed by atoms with Gasteiger partial charge in [0.05, 0.1) is 5.02 Å². The van der Waals surface area contributed by atoms with E-state index in [9.17, 15) is 4.79 Å². The molecule has 1 aromatic carbocycles. The number of carbonyl (C=O) groups excluding carboxylic acids is 1. The number of amides is 1. The van der Waals surface area contributed by atoms with E-state index in [-0.39, 0.29) is 5.91 Å². The van der Waals surface area contributed by atoms with Crippen molar-refractivity contribution >= 4 is 40.1 Å². The highest BCUT2D eigenvalue weighted by Gasteiger charge is 2.21. The molecule has 1 atom stereocenters. The third-order valence-electron chi connectivity index (χ3n) is 3.80. The molecular formula is C16H22ClIN2O. The largest absolute Gasteiger partial charge is 0.337 e. The lowest BCUT2D eigenvalue weighted by Crippen LogP contribution is -2.46. The zero-order chi connectivity index (χ0) is 15.2. The number of carbonyl (C=O) groups is 1. The van der Waals surface area contributed by atoms with E-state index < -0.39 is 0 Å². The van der Waals surface area contributed by atoms with E-state index >= 15 is 0 Å². The van der Waals surface area contributed by atoms with Crippen molar-refractivity contribution in [3.05, 3.63) is 32.4 Å². The van der Waals surface area contributed by atoms with Gasteiger partial charge in [-0.1, -0.05) is 24.9 Å². The summed E-state index contributed by atoms with van der Waals surface area (Å²) in [4.78, 5) is 14.7. The van der Waals surface area contributed by atoms with Crippen molar-refractivity contribution in [3.63, 3.8) is 0 Å². The fourth-order valence-corrected chi connectivity index (χ4v) is 3.22. The fourth-order valence-electron chi connectivity index (χ4n) is 2.70. The monoisotopic (exact) mass is 420 g/mol. The number of piperidine rings is 1. The summed E-state index contributed by atoms with van der Waals surface area (Å²) in [6.07, 6.45) is 4.61. The molecule has 1 unspecified atom stereocenters. The van der Waals surface area contributed by atoms with Gasteiger partial charge in [-0.15, -0.1) is 0 Å². The van der Waals surface area contributed by atoms with Crippen molar-refractivity contribution in [3.8, 4) is 0 Å². The van der Waals surface area contributed by atoms with E-state index in [1.54, 1.807) is 6.07 Å². The highest BCUT2D eigenvalue weighted by molar-refractivity contribution is 14.1. The van der Waals surface area contributed by atoms with Crippen LogP contribution in [0.1, 0.15) is 43.0 Å². The van der Waals surface area contributed by atoms with E-state index in [1.165, 1.54) is 12.8 Å². The Morgan fingerprint density at radius 3 is 2.90 bits per heavy atom. The molecule has 1 N–H and O–H groups in total. The molecule has 116 valence electrons. The summed E-state index contributed by atoms with van der Waals surface area (Å²) in [5.41, 5.74) is 0.685. The second-order valence-corrected chi connectivity index (χ2v) is 7.10. The van der Waals surface area contributed by atoms with Crippen LogP contribution in [0.3, 0.4) is 0 Å². The Balaban J connectivity index is 2.08. The van der Waals surface area contributed by atoms with Gasteiger partial charge in [0, 0.05) is 28.3 Å². The number of benzene rings is 1. The van der Waals surface area contributed by atoms with Crippen LogP contribution >= 0.6 is 34.2 Å². The minimum absolute atomic E-state index is 0.0857. The highest BCUT2D eigenvalue weighted by Crippen LogP contribution is 2.21. The average molecular weight is 421 g/mol. The first kappa shape index (κ1) is 17.0. The summed E-state index contributed by atoms with van der Waals surface area (Å²) >= 11 is 8.32. The van der Waals surface area contributed by atoms with E-state index in [0.717, 1.165) is 36.0 Å². The van der Waals surface area contributed by atoms with Gasteiger partial charge >= 0.3 is 0 Å². The molecule has 1 saturated heterocycles. The summed E-state index contributed by atoms with van der Waals surface area (Å²) in [6, 6.07) is 5.97. The van der Waals surface area contributed by atoms with Gasteiger partial charge in [0.1, 0.15) is 0 Å². The van der Waals surface area contributed by atoms with Gasteiger partial charge in [0.25, 0.3) is 5.91 Å². The number of nitrogens with zero attached hydrogens (tertiary/aromatic N) is 1. The van der Waals surface area contributed by atoms with Crippen molar-refractivity contribution in [1.82, 2.24) is 10.2 Å². The number of hydrogen-bond acceptors (Lipinski definition) is 2. The van der Waals surface area contributed by atoms with Crippen LogP contribution in [0.2, 0.25) is 5.02 Å². The maximum atomic E-state index is 12.7. The van der Waals surface area contributed by atoms with Crippen molar-refractivity contribution in [1.29, 1.82) is 0 Å². The maximum Gasteiger partial charge on any atom is 0.253 e. The van der Waals surface area contributed by atoms with Crippen molar-refractivity contribution in [2.45, 2.75) is 38.6 Å². The summed E-state index contributed by atoms with van der Waals surface area (Å²) in [7, 11) is 0. The molecule has 1 fully saturated rings. The zero-order valence-electron chi connectivity index (χ0n) is 12.4. The quantitative estimate of drug-likeness (QED) is 0.732. The van der Waals surface area contributed by atoms with Crippen LogP contribution in [-0.2, 0) is 0 Å². The van der Waals surface area contributed by atoms with Crippen LogP contribution < -0.4 is 5.32 Å². The molecule has 5 heteroatoms. The third kappa shape index (κ3) is 4.83. The normalized spacial score (nSPS) is 18.5. The maximum absolute atomic E-state index is 12.7. The highest BCUT2D eigenvalue weighted by atomic mass is 127. The molecule has 2 rings (SSSR count). The molecule has 0 radical (unpaired) electrons. The Bertz CT molecular complexity index is 489. The summed E-state index contributed by atoms with van der Waals surface area (Å²) in [5, 5.41) is 4.16. The van der Waals surface area contributed by atoms with Gasteiger partial charge in [-0.05, 0) is 66.6 Å². The number of hydrogen-bond donors (Lipinski definition) is 1. The van der Waals surface area contributed by atoms with Crippen LogP contribution in [0.15, 0.2) is 18.2 Å². The molecule has 1 aliphatic rings. The summed E-state index contributed by atoms with van der Waals surface area (Å²) in [6.45, 7) is 4.75. The number of nitrogens with one attached hydrogen (secondary N) is 1. The lowest BCUT2D eigenvalue weighted by Gasteiger charge is -2.30. The minimum atomic E-state index is 0.0857. The lowest BCUT2D eigenvalue weighted by atomic mass is 10.0. The van der Waals surface area contributed by atoms with E-state index in [4.69, 9.17) is 11.6 Å². The molecule has 0 spiro atoms.